The number of benzene rings is 1. The number of fused-ring (bicyclic) bond motifs is 1. The Balaban J connectivity index is 2.16. The van der Waals surface area contributed by atoms with E-state index in [0.29, 0.717) is 11.3 Å². The number of thioether (sulfide) groups is 1. The van der Waals surface area contributed by atoms with Gasteiger partial charge in [0.2, 0.25) is 5.91 Å². The van der Waals surface area contributed by atoms with Gasteiger partial charge in [-0.3, -0.25) is 9.59 Å². The molecule has 1 aromatic carbocycles. The number of methoxy groups -OCH3 is 1. The molecular weight excluding hydrogens is 372 g/mol. The van der Waals surface area contributed by atoms with E-state index >= 15 is 0 Å². The third-order valence-electron chi connectivity index (χ3n) is 3.72. The number of carbonyl (C=O) groups excluding carboxylic acids is 1. The summed E-state index contributed by atoms with van der Waals surface area (Å²) in [6.07, 6.45) is -0.614. The van der Waals surface area contributed by atoms with Crippen molar-refractivity contribution in [3.8, 4) is 5.75 Å². The number of aryl methyl sites for hydroxylation is 1. The molecule has 0 spiro atoms. The zero-order valence-corrected chi connectivity index (χ0v) is 15.7. The molecule has 0 bridgehead atoms. The van der Waals surface area contributed by atoms with E-state index in [1.165, 1.54) is 11.8 Å². The largest absolute Gasteiger partial charge is 0.494 e. The lowest BCUT2D eigenvalue weighted by atomic mass is 10.2. The van der Waals surface area contributed by atoms with Gasteiger partial charge in [0.1, 0.15) is 17.3 Å². The van der Waals surface area contributed by atoms with E-state index in [2.05, 4.69) is 10.3 Å². The Kier molecular flexibility index (Phi) is 7.00. The van der Waals surface area contributed by atoms with Crippen molar-refractivity contribution in [3.05, 3.63) is 30.0 Å². The lowest BCUT2D eigenvalue weighted by Gasteiger charge is -2.15. The van der Waals surface area contributed by atoms with Gasteiger partial charge in [-0.1, -0.05) is 12.1 Å². The van der Waals surface area contributed by atoms with Crippen molar-refractivity contribution in [1.82, 2.24) is 10.3 Å². The second kappa shape index (κ2) is 9.22. The minimum atomic E-state index is -1.18. The highest BCUT2D eigenvalue weighted by molar-refractivity contribution is 7.99. The molecule has 0 saturated carbocycles. The summed E-state index contributed by atoms with van der Waals surface area (Å²) in [4.78, 5) is 39.0. The third kappa shape index (κ3) is 5.58. The van der Waals surface area contributed by atoms with Crippen LogP contribution in [0.2, 0.25) is 0 Å². The van der Waals surface area contributed by atoms with Crippen molar-refractivity contribution >= 4 is 40.5 Å². The number of amides is 1. The Morgan fingerprint density at radius 2 is 2.00 bits per heavy atom. The first kappa shape index (κ1) is 20.5. The minimum absolute atomic E-state index is 0.0872. The number of pyridine rings is 1. The Bertz CT molecular complexity index is 870. The molecule has 0 aliphatic heterocycles. The standard InChI is InChI=1S/C18H20N2O6S/c1-10-8-14(11-4-3-5-13(26-2)17(11)19-10)27-9-12(18(24)25)20-15(21)6-7-16(22)23/h3-5,8,12H,6-7,9H2,1-2H3,(H,20,21)(H,22,23)(H,24,25). The van der Waals surface area contributed by atoms with Crippen LogP contribution >= 0.6 is 11.8 Å². The number of hydrogen-bond acceptors (Lipinski definition) is 6. The number of aromatic nitrogens is 1. The number of carboxylic acid groups (broad SMARTS) is 2. The van der Waals surface area contributed by atoms with E-state index in [1.54, 1.807) is 13.2 Å². The highest BCUT2D eigenvalue weighted by Gasteiger charge is 2.21. The van der Waals surface area contributed by atoms with Gasteiger partial charge in [-0.15, -0.1) is 11.8 Å². The van der Waals surface area contributed by atoms with Crippen molar-refractivity contribution in [2.24, 2.45) is 0 Å². The van der Waals surface area contributed by atoms with Gasteiger partial charge < -0.3 is 20.3 Å². The molecule has 1 aromatic heterocycles. The van der Waals surface area contributed by atoms with Crippen molar-refractivity contribution in [2.75, 3.05) is 12.9 Å². The summed E-state index contributed by atoms with van der Waals surface area (Å²) in [6, 6.07) is 6.20. The van der Waals surface area contributed by atoms with Gasteiger partial charge in [0.25, 0.3) is 0 Å². The molecule has 0 aliphatic carbocycles. The van der Waals surface area contributed by atoms with Crippen LogP contribution in [0.4, 0.5) is 0 Å². The summed E-state index contributed by atoms with van der Waals surface area (Å²) >= 11 is 1.28. The maximum absolute atomic E-state index is 11.8. The molecule has 27 heavy (non-hydrogen) atoms. The van der Waals surface area contributed by atoms with E-state index in [0.717, 1.165) is 16.0 Å². The zero-order chi connectivity index (χ0) is 20.0. The van der Waals surface area contributed by atoms with Crippen molar-refractivity contribution in [2.45, 2.75) is 30.7 Å². The van der Waals surface area contributed by atoms with Crippen LogP contribution in [0, 0.1) is 6.92 Å². The first-order valence-corrected chi connectivity index (χ1v) is 9.11. The molecule has 3 N–H and O–H groups in total. The fourth-order valence-corrected chi connectivity index (χ4v) is 3.58. The molecule has 1 amide bonds. The molecule has 8 nitrogen and oxygen atoms in total. The van der Waals surface area contributed by atoms with Gasteiger partial charge in [-0.2, -0.15) is 0 Å². The first-order valence-electron chi connectivity index (χ1n) is 8.13. The SMILES string of the molecule is COc1cccc2c(SCC(NC(=O)CCC(=O)O)C(=O)O)cc(C)nc12. The Labute approximate surface area is 159 Å². The first-order chi connectivity index (χ1) is 12.8. The highest BCUT2D eigenvalue weighted by Crippen LogP contribution is 2.32. The van der Waals surface area contributed by atoms with Crippen LogP contribution in [-0.2, 0) is 14.4 Å². The van der Waals surface area contributed by atoms with Crippen LogP contribution in [0.15, 0.2) is 29.2 Å². The number of carboxylic acids is 2. The second-order valence-corrected chi connectivity index (χ2v) is 6.84. The number of carbonyl (C=O) groups is 3. The maximum atomic E-state index is 11.8. The number of ether oxygens (including phenoxy) is 1. The zero-order valence-electron chi connectivity index (χ0n) is 14.9. The van der Waals surface area contributed by atoms with Gasteiger partial charge in [0.05, 0.1) is 13.5 Å². The van der Waals surface area contributed by atoms with Crippen LogP contribution in [-0.4, -0.2) is 51.9 Å². The molecule has 1 heterocycles. The predicted molar refractivity (Wildman–Crippen MR) is 100 cm³/mol. The fraction of sp³-hybridized carbons (Fsp3) is 0.333. The number of para-hydroxylation sites is 1. The normalized spacial score (nSPS) is 11.8. The summed E-state index contributed by atoms with van der Waals surface area (Å²) in [7, 11) is 1.55. The van der Waals surface area contributed by atoms with Crippen molar-refractivity contribution in [3.63, 3.8) is 0 Å². The molecule has 2 rings (SSSR count). The Hall–Kier alpha value is -2.81. The van der Waals surface area contributed by atoms with E-state index < -0.39 is 23.9 Å². The summed E-state index contributed by atoms with van der Waals surface area (Å²) in [6.45, 7) is 1.83. The minimum Gasteiger partial charge on any atom is -0.494 e. The fourth-order valence-electron chi connectivity index (χ4n) is 2.43. The molecule has 1 unspecified atom stereocenters. The molecule has 0 radical (unpaired) electrons. The number of rotatable bonds is 9. The molecule has 9 heteroatoms. The Morgan fingerprint density at radius 1 is 1.26 bits per heavy atom. The molecule has 144 valence electrons. The molecule has 0 fully saturated rings. The summed E-state index contributed by atoms with van der Waals surface area (Å²) in [5.74, 6) is -2.19. The van der Waals surface area contributed by atoms with Crippen molar-refractivity contribution in [1.29, 1.82) is 0 Å². The number of hydrogen-bond donors (Lipinski definition) is 3. The van der Waals surface area contributed by atoms with E-state index in [9.17, 15) is 19.5 Å². The molecule has 1 atom stereocenters. The average Bonchev–Trinajstić information content (AvgIpc) is 2.62. The quantitative estimate of drug-likeness (QED) is 0.554. The summed E-state index contributed by atoms with van der Waals surface area (Å²) in [5.41, 5.74) is 1.44. The lowest BCUT2D eigenvalue weighted by Crippen LogP contribution is -2.42. The molecular formula is C18H20N2O6S. The van der Waals surface area contributed by atoms with Crippen molar-refractivity contribution < 1.29 is 29.3 Å². The number of aliphatic carboxylic acids is 2. The highest BCUT2D eigenvalue weighted by atomic mass is 32.2. The predicted octanol–water partition coefficient (Wildman–Crippen LogP) is 2.08. The topological polar surface area (TPSA) is 126 Å². The van der Waals surface area contributed by atoms with Crippen LogP contribution in [0.25, 0.3) is 10.9 Å². The van der Waals surface area contributed by atoms with Gasteiger partial charge in [-0.05, 0) is 19.1 Å². The lowest BCUT2D eigenvalue weighted by molar-refractivity contribution is -0.141. The van der Waals surface area contributed by atoms with E-state index in [-0.39, 0.29) is 18.6 Å². The van der Waals surface area contributed by atoms with E-state index in [4.69, 9.17) is 9.84 Å². The molecule has 0 aliphatic rings. The monoisotopic (exact) mass is 392 g/mol. The van der Waals surface area contributed by atoms with Crippen LogP contribution in [0.1, 0.15) is 18.5 Å². The summed E-state index contributed by atoms with van der Waals surface area (Å²) < 4.78 is 5.33. The van der Waals surface area contributed by atoms with E-state index in [1.807, 2.05) is 25.1 Å². The van der Waals surface area contributed by atoms with Crippen LogP contribution < -0.4 is 10.1 Å². The average molecular weight is 392 g/mol. The number of nitrogens with one attached hydrogen (secondary N) is 1. The maximum Gasteiger partial charge on any atom is 0.327 e. The summed E-state index contributed by atoms with van der Waals surface area (Å²) in [5, 5.41) is 21.2. The van der Waals surface area contributed by atoms with Gasteiger partial charge >= 0.3 is 11.9 Å². The Morgan fingerprint density at radius 3 is 2.63 bits per heavy atom. The van der Waals surface area contributed by atoms with Gasteiger partial charge in [0, 0.05) is 28.1 Å². The second-order valence-electron chi connectivity index (χ2n) is 5.78. The molecule has 0 saturated heterocycles. The molecule has 2 aromatic rings. The smallest absolute Gasteiger partial charge is 0.327 e. The third-order valence-corrected chi connectivity index (χ3v) is 4.87. The number of nitrogens with zero attached hydrogens (tertiary/aromatic N) is 1. The van der Waals surface area contributed by atoms with Gasteiger partial charge in [-0.25, -0.2) is 9.78 Å². The van der Waals surface area contributed by atoms with Gasteiger partial charge in [0.15, 0.2) is 0 Å². The van der Waals surface area contributed by atoms with Crippen LogP contribution in [0.5, 0.6) is 5.75 Å². The van der Waals surface area contributed by atoms with Crippen LogP contribution in [0.3, 0.4) is 0 Å².